The fourth-order valence-electron chi connectivity index (χ4n) is 9.03. The number of ether oxygens (including phenoxy) is 2. The van der Waals surface area contributed by atoms with Gasteiger partial charge in [0.05, 0.1) is 25.4 Å². The van der Waals surface area contributed by atoms with Gasteiger partial charge in [0, 0.05) is 6.42 Å². The van der Waals surface area contributed by atoms with Crippen molar-refractivity contribution in [3.63, 3.8) is 0 Å². The number of aliphatic hydroxyl groups is 5. The van der Waals surface area contributed by atoms with Gasteiger partial charge in [-0.15, -0.1) is 0 Å². The zero-order valence-corrected chi connectivity index (χ0v) is 27.7. The summed E-state index contributed by atoms with van der Waals surface area (Å²) in [5.41, 5.74) is 0.0529. The molecule has 0 aromatic rings. The summed E-state index contributed by atoms with van der Waals surface area (Å²) in [6.45, 7) is 1.53. The summed E-state index contributed by atoms with van der Waals surface area (Å²) in [5.74, 6) is 2.10. The largest absolute Gasteiger partial charge is 0.394 e. The summed E-state index contributed by atoms with van der Waals surface area (Å²) in [5, 5.41) is 54.4. The molecule has 260 valence electrons. The monoisotopic (exact) mass is 637 g/mol. The lowest BCUT2D eigenvalue weighted by Crippen LogP contribution is -2.60. The van der Waals surface area contributed by atoms with Crippen LogP contribution in [0.3, 0.4) is 0 Å². The fourth-order valence-corrected chi connectivity index (χ4v) is 9.03. The van der Waals surface area contributed by atoms with Gasteiger partial charge in [0.25, 0.3) is 0 Å². The molecule has 1 heterocycles. The van der Waals surface area contributed by atoms with E-state index in [1.54, 1.807) is 6.08 Å². The second-order valence-electron chi connectivity index (χ2n) is 15.0. The van der Waals surface area contributed by atoms with E-state index in [4.69, 9.17) is 9.47 Å². The highest BCUT2D eigenvalue weighted by molar-refractivity contribution is 5.77. The molecule has 45 heavy (non-hydrogen) atoms. The Labute approximate surface area is 271 Å². The molecule has 0 aromatic heterocycles. The second-order valence-corrected chi connectivity index (χ2v) is 15.0. The van der Waals surface area contributed by atoms with Crippen LogP contribution in [0, 0.1) is 23.2 Å². The molecule has 4 bridgehead atoms. The summed E-state index contributed by atoms with van der Waals surface area (Å²) in [7, 11) is 0. The average molecular weight is 638 g/mol. The van der Waals surface area contributed by atoms with Gasteiger partial charge in [-0.05, 0) is 74.5 Å². The first kappa shape index (κ1) is 36.8. The lowest BCUT2D eigenvalue weighted by molar-refractivity contribution is -0.302. The van der Waals surface area contributed by atoms with Gasteiger partial charge in [0.1, 0.15) is 24.4 Å². The Kier molecular flexibility index (Phi) is 15.1. The molecule has 0 spiro atoms. The molecule has 4 aliphatic carbocycles. The van der Waals surface area contributed by atoms with Gasteiger partial charge in [-0.25, -0.2) is 0 Å². The number of hydrogen-bond acceptors (Lipinski definition) is 8. The Hall–Kier alpha value is -1.07. The van der Waals surface area contributed by atoms with Gasteiger partial charge >= 0.3 is 0 Å². The van der Waals surface area contributed by atoms with E-state index in [1.807, 2.05) is 6.08 Å². The first-order valence-electron chi connectivity index (χ1n) is 18.3. The number of unbranched alkanes of at least 4 members (excludes halogenated alkanes) is 11. The zero-order chi connectivity index (χ0) is 32.2. The van der Waals surface area contributed by atoms with Gasteiger partial charge in [0.15, 0.2) is 6.29 Å². The Balaban J connectivity index is 1.24. The standard InChI is InChI=1S/C36H63NO8/c1-2-3-4-5-6-7-8-9-10-11-12-13-14-15-29(39)28(24-44-35-34(43)33(42)32(41)30(23-38)45-35)37-31(40)22-36-19-25-16-26(20-36)18-27(17-25)21-36/h14-15,25-30,32-35,38-39,41-43H,2-13,16-24H2,1H3,(H,37,40)/b15-14+/t25?,26?,27?,28-,29+,30+,32-,33?,34?,35+,36?/m0/s1. The zero-order valence-electron chi connectivity index (χ0n) is 27.7. The van der Waals surface area contributed by atoms with Crippen molar-refractivity contribution in [2.45, 2.75) is 172 Å². The van der Waals surface area contributed by atoms with Crippen LogP contribution in [0.1, 0.15) is 129 Å². The predicted molar refractivity (Wildman–Crippen MR) is 173 cm³/mol. The van der Waals surface area contributed by atoms with E-state index in [0.29, 0.717) is 6.42 Å². The van der Waals surface area contributed by atoms with E-state index in [0.717, 1.165) is 56.3 Å². The van der Waals surface area contributed by atoms with Crippen molar-refractivity contribution in [1.82, 2.24) is 5.32 Å². The quantitative estimate of drug-likeness (QED) is 0.0796. The number of nitrogens with one attached hydrogen (secondary N) is 1. The predicted octanol–water partition coefficient (Wildman–Crippen LogP) is 4.51. The number of hydrogen-bond donors (Lipinski definition) is 6. The maximum atomic E-state index is 13.5. The Bertz CT molecular complexity index is 861. The summed E-state index contributed by atoms with van der Waals surface area (Å²) < 4.78 is 11.3. The number of allylic oxidation sites excluding steroid dienone is 1. The highest BCUT2D eigenvalue weighted by Crippen LogP contribution is 2.61. The minimum Gasteiger partial charge on any atom is -0.394 e. The molecule has 7 atom stereocenters. The number of rotatable bonds is 21. The van der Waals surface area contributed by atoms with E-state index in [1.165, 1.54) is 77.0 Å². The van der Waals surface area contributed by atoms with Crippen molar-refractivity contribution < 1.29 is 39.8 Å². The first-order chi connectivity index (χ1) is 21.7. The minimum atomic E-state index is -1.55. The molecule has 1 aliphatic heterocycles. The maximum Gasteiger partial charge on any atom is 0.220 e. The molecule has 5 rings (SSSR count). The van der Waals surface area contributed by atoms with E-state index in [2.05, 4.69) is 12.2 Å². The average Bonchev–Trinajstić information content (AvgIpc) is 3.00. The lowest BCUT2D eigenvalue weighted by Gasteiger charge is -2.56. The van der Waals surface area contributed by atoms with Crippen LogP contribution in [-0.4, -0.2) is 87.5 Å². The lowest BCUT2D eigenvalue weighted by atomic mass is 9.49. The van der Waals surface area contributed by atoms with Crippen molar-refractivity contribution in [2.75, 3.05) is 13.2 Å². The van der Waals surface area contributed by atoms with Crippen LogP contribution in [0.15, 0.2) is 12.2 Å². The molecule has 2 unspecified atom stereocenters. The van der Waals surface area contributed by atoms with Crippen LogP contribution >= 0.6 is 0 Å². The van der Waals surface area contributed by atoms with Gasteiger partial charge in [-0.1, -0.05) is 83.3 Å². The molecular formula is C36H63NO8. The van der Waals surface area contributed by atoms with E-state index < -0.39 is 49.5 Å². The van der Waals surface area contributed by atoms with Gasteiger partial charge in [-0.2, -0.15) is 0 Å². The smallest absolute Gasteiger partial charge is 0.220 e. The van der Waals surface area contributed by atoms with Gasteiger partial charge < -0.3 is 40.3 Å². The molecule has 1 amide bonds. The van der Waals surface area contributed by atoms with Crippen LogP contribution in [0.4, 0.5) is 0 Å². The normalized spacial score (nSPS) is 35.6. The highest BCUT2D eigenvalue weighted by Gasteiger charge is 2.51. The third-order valence-electron chi connectivity index (χ3n) is 11.1. The van der Waals surface area contributed by atoms with Gasteiger partial charge in [-0.3, -0.25) is 4.79 Å². The minimum absolute atomic E-state index is 0.0529. The Morgan fingerprint density at radius 2 is 1.42 bits per heavy atom. The summed E-state index contributed by atoms with van der Waals surface area (Å²) in [6.07, 6.45) is 18.2. The number of aliphatic hydroxyl groups excluding tert-OH is 5. The summed E-state index contributed by atoms with van der Waals surface area (Å²) in [6, 6.07) is -0.785. The third kappa shape index (κ3) is 11.0. The van der Waals surface area contributed by atoms with Crippen molar-refractivity contribution in [3.8, 4) is 0 Å². The summed E-state index contributed by atoms with van der Waals surface area (Å²) >= 11 is 0. The maximum absolute atomic E-state index is 13.5. The molecule has 6 N–H and O–H groups in total. The van der Waals surface area contributed by atoms with Gasteiger partial charge in [0.2, 0.25) is 5.91 Å². The van der Waals surface area contributed by atoms with Crippen molar-refractivity contribution >= 4 is 5.91 Å². The SMILES string of the molecule is CCCCCCCCCCCCC/C=C/[C@@H](O)[C@H](CO[C@@H]1O[C@H](CO)[C@H](O)C(O)C1O)NC(=O)CC12CC3CC(CC(C3)C1)C2. The van der Waals surface area contributed by atoms with Crippen molar-refractivity contribution in [2.24, 2.45) is 23.2 Å². The molecule has 4 saturated carbocycles. The molecule has 9 nitrogen and oxygen atoms in total. The third-order valence-corrected chi connectivity index (χ3v) is 11.1. The first-order valence-corrected chi connectivity index (χ1v) is 18.3. The molecule has 5 fully saturated rings. The van der Waals surface area contributed by atoms with E-state index in [-0.39, 0.29) is 17.9 Å². The molecule has 9 heteroatoms. The number of amides is 1. The van der Waals surface area contributed by atoms with Crippen LogP contribution in [0.2, 0.25) is 0 Å². The highest BCUT2D eigenvalue weighted by atomic mass is 16.7. The van der Waals surface area contributed by atoms with Crippen LogP contribution in [0.25, 0.3) is 0 Å². The number of carbonyl (C=O) groups is 1. The topological polar surface area (TPSA) is 149 Å². The van der Waals surface area contributed by atoms with Crippen LogP contribution < -0.4 is 5.32 Å². The van der Waals surface area contributed by atoms with Crippen LogP contribution in [0.5, 0.6) is 0 Å². The van der Waals surface area contributed by atoms with E-state index >= 15 is 0 Å². The Morgan fingerprint density at radius 3 is 1.98 bits per heavy atom. The molecular weight excluding hydrogens is 574 g/mol. The van der Waals surface area contributed by atoms with Crippen LogP contribution in [-0.2, 0) is 14.3 Å². The summed E-state index contributed by atoms with van der Waals surface area (Å²) in [4.78, 5) is 13.5. The van der Waals surface area contributed by atoms with Crippen molar-refractivity contribution in [1.29, 1.82) is 0 Å². The Morgan fingerprint density at radius 1 is 0.867 bits per heavy atom. The fraction of sp³-hybridized carbons (Fsp3) is 0.917. The van der Waals surface area contributed by atoms with Crippen molar-refractivity contribution in [3.05, 3.63) is 12.2 Å². The molecule has 0 radical (unpaired) electrons. The second kappa shape index (κ2) is 18.5. The van der Waals surface area contributed by atoms with E-state index in [9.17, 15) is 30.3 Å². The molecule has 1 saturated heterocycles. The number of carbonyl (C=O) groups excluding carboxylic acids is 1. The molecule has 0 aromatic carbocycles. The molecule has 5 aliphatic rings.